The molecular formula is C49H63N6O11P. The number of carbonyl (C=O) groups excluding carboxylic acids is 5. The van der Waals surface area contributed by atoms with Gasteiger partial charge in [0.25, 0.3) is 5.91 Å². The molecule has 4 aromatic rings. The first-order valence-electron chi connectivity index (χ1n) is 21.6. The Bertz CT molecular complexity index is 2320. The standard InChI is InChI=1S/C49H63N6O11P/c1-32-19-18-20-35(29-32)42(57)52-39(31-62-47(3,4)5)43(58)50-33(2)41(56)53-40(67(61,65-37-21-14-12-15-22-37)66-38-23-16-13-17-24-38)30-34-25-27-36(28-26-34)51-44(54-45(59)63-48(6,7)8)55-46(60)64-49(9,10)11/h12-29,33,39-40H,30-31H2,1-11H3,(H,50,58)(H,52,57)(H,53,56)(H2,51,54,55,59,60)/t33-,39+,40?/m0/s1. The first kappa shape index (κ1) is 52.9. The minimum absolute atomic E-state index is 0.138. The van der Waals surface area contributed by atoms with Gasteiger partial charge in [-0.25, -0.2) is 19.1 Å². The van der Waals surface area contributed by atoms with E-state index < -0.39 is 72.2 Å². The summed E-state index contributed by atoms with van der Waals surface area (Å²) in [4.78, 5) is 71.2. The van der Waals surface area contributed by atoms with E-state index in [1.165, 1.54) is 6.92 Å². The van der Waals surface area contributed by atoms with Crippen molar-refractivity contribution in [1.82, 2.24) is 26.6 Å². The largest absolute Gasteiger partial charge is 0.453 e. The van der Waals surface area contributed by atoms with E-state index in [4.69, 9.17) is 23.3 Å². The van der Waals surface area contributed by atoms with Crippen LogP contribution in [0.2, 0.25) is 0 Å². The lowest BCUT2D eigenvalue weighted by Crippen LogP contribution is -2.56. The van der Waals surface area contributed by atoms with E-state index in [1.807, 2.05) is 13.0 Å². The zero-order valence-corrected chi connectivity index (χ0v) is 40.8. The van der Waals surface area contributed by atoms with Crippen molar-refractivity contribution in [2.45, 2.75) is 117 Å². The van der Waals surface area contributed by atoms with Crippen molar-refractivity contribution in [1.29, 1.82) is 0 Å². The van der Waals surface area contributed by atoms with E-state index in [9.17, 15) is 24.0 Å². The third-order valence-electron chi connectivity index (χ3n) is 8.82. The predicted molar refractivity (Wildman–Crippen MR) is 255 cm³/mol. The highest BCUT2D eigenvalue weighted by Gasteiger charge is 2.42. The number of para-hydroxylation sites is 2. The molecule has 67 heavy (non-hydrogen) atoms. The highest BCUT2D eigenvalue weighted by atomic mass is 31.2. The molecule has 360 valence electrons. The summed E-state index contributed by atoms with van der Waals surface area (Å²) < 4.78 is 44.2. The number of amides is 5. The average Bonchev–Trinajstić information content (AvgIpc) is 3.21. The first-order chi connectivity index (χ1) is 31.3. The summed E-state index contributed by atoms with van der Waals surface area (Å²) in [6, 6.07) is 27.5. The van der Waals surface area contributed by atoms with Crippen LogP contribution in [-0.2, 0) is 34.8 Å². The van der Waals surface area contributed by atoms with Crippen molar-refractivity contribution >= 4 is 49.2 Å². The van der Waals surface area contributed by atoms with E-state index in [0.29, 0.717) is 11.1 Å². The molecule has 18 heteroatoms. The second-order valence-electron chi connectivity index (χ2n) is 18.5. The van der Waals surface area contributed by atoms with Crippen molar-refractivity contribution in [2.24, 2.45) is 4.99 Å². The second-order valence-corrected chi connectivity index (χ2v) is 20.6. The van der Waals surface area contributed by atoms with Crippen molar-refractivity contribution < 1.29 is 51.8 Å². The number of nitrogens with one attached hydrogen (secondary N) is 5. The molecule has 0 fully saturated rings. The Morgan fingerprint density at radius 2 is 1.15 bits per heavy atom. The van der Waals surface area contributed by atoms with Gasteiger partial charge in [-0.3, -0.25) is 25.0 Å². The lowest BCUT2D eigenvalue weighted by Gasteiger charge is -2.30. The molecule has 0 saturated heterocycles. The highest BCUT2D eigenvalue weighted by molar-refractivity contribution is 7.55. The molecule has 3 atom stereocenters. The van der Waals surface area contributed by atoms with Crippen LogP contribution in [0.5, 0.6) is 11.5 Å². The Morgan fingerprint density at radius 1 is 0.627 bits per heavy atom. The highest BCUT2D eigenvalue weighted by Crippen LogP contribution is 2.53. The number of hydrogen-bond acceptors (Lipinski definition) is 12. The van der Waals surface area contributed by atoms with Gasteiger partial charge in [0.1, 0.15) is 34.8 Å². The number of alkyl carbamates (subject to hydrolysis) is 2. The van der Waals surface area contributed by atoms with Crippen LogP contribution >= 0.6 is 7.60 Å². The van der Waals surface area contributed by atoms with Gasteiger partial charge in [-0.2, -0.15) is 0 Å². The topological polar surface area (TPSA) is 221 Å². The molecule has 0 aliphatic heterocycles. The van der Waals surface area contributed by atoms with E-state index in [0.717, 1.165) is 5.56 Å². The van der Waals surface area contributed by atoms with Gasteiger partial charge in [0.2, 0.25) is 17.8 Å². The smallest absolute Gasteiger partial charge is 0.444 e. The quantitative estimate of drug-likeness (QED) is 0.0407. The number of rotatable bonds is 16. The number of nitrogens with zero attached hydrogens (tertiary/aromatic N) is 1. The molecule has 4 rings (SSSR count). The fraction of sp³-hybridized carbons (Fsp3) is 0.388. The fourth-order valence-corrected chi connectivity index (χ4v) is 7.65. The first-order valence-corrected chi connectivity index (χ1v) is 23.3. The van der Waals surface area contributed by atoms with Gasteiger partial charge in [0.15, 0.2) is 5.78 Å². The predicted octanol–water partition coefficient (Wildman–Crippen LogP) is 8.49. The van der Waals surface area contributed by atoms with Gasteiger partial charge in [0, 0.05) is 12.0 Å². The fourth-order valence-electron chi connectivity index (χ4n) is 5.80. The molecule has 0 aromatic heterocycles. The third-order valence-corrected chi connectivity index (χ3v) is 10.8. The number of guanidine groups is 1. The lowest BCUT2D eigenvalue weighted by molar-refractivity contribution is -0.131. The number of carbonyl (C=O) groups is 5. The lowest BCUT2D eigenvalue weighted by atomic mass is 10.1. The molecule has 0 bridgehead atoms. The Morgan fingerprint density at radius 3 is 1.63 bits per heavy atom. The van der Waals surface area contributed by atoms with E-state index >= 15 is 4.57 Å². The SMILES string of the molecule is Cc1cccc(C(=O)N[C@H](COC(C)(C)C)C(=O)N[C@@H](C)C(=O)NC(Cc2ccc(N=C(NC(=O)OC(C)(C)C)NC(=O)OC(C)(C)C)cc2)P(=O)(Oc2ccccc2)Oc2ccccc2)c1. The average molecular weight is 943 g/mol. The summed E-state index contributed by atoms with van der Waals surface area (Å²) in [6.07, 6.45) is -1.89. The number of aryl methyl sites for hydroxylation is 1. The second kappa shape index (κ2) is 23.1. The van der Waals surface area contributed by atoms with Gasteiger partial charge in [-0.15, -0.1) is 0 Å². The molecule has 0 aliphatic rings. The van der Waals surface area contributed by atoms with Gasteiger partial charge >= 0.3 is 19.8 Å². The monoisotopic (exact) mass is 942 g/mol. The summed E-state index contributed by atoms with van der Waals surface area (Å²) in [5.41, 5.74) is -0.388. The van der Waals surface area contributed by atoms with Crippen LogP contribution in [0.25, 0.3) is 0 Å². The van der Waals surface area contributed by atoms with Gasteiger partial charge < -0.3 is 39.2 Å². The Balaban J connectivity index is 1.67. The molecule has 1 unspecified atom stereocenters. The van der Waals surface area contributed by atoms with E-state index in [-0.39, 0.29) is 36.2 Å². The van der Waals surface area contributed by atoms with Crippen molar-refractivity contribution in [3.63, 3.8) is 0 Å². The number of aliphatic imine (C=N–C) groups is 1. The molecule has 0 radical (unpaired) electrons. The van der Waals surface area contributed by atoms with Crippen molar-refractivity contribution in [2.75, 3.05) is 6.61 Å². The van der Waals surface area contributed by atoms with Crippen molar-refractivity contribution in [3.8, 4) is 11.5 Å². The van der Waals surface area contributed by atoms with E-state index in [1.54, 1.807) is 165 Å². The molecule has 0 heterocycles. The molecule has 5 N–H and O–H groups in total. The summed E-state index contributed by atoms with van der Waals surface area (Å²) in [5, 5.41) is 13.1. The minimum Gasteiger partial charge on any atom is -0.444 e. The van der Waals surface area contributed by atoms with Gasteiger partial charge in [-0.05, 0) is 130 Å². The van der Waals surface area contributed by atoms with Crippen LogP contribution in [0, 0.1) is 6.92 Å². The summed E-state index contributed by atoms with van der Waals surface area (Å²) in [5.74, 6) is -3.24. The maximum absolute atomic E-state index is 15.3. The Kier molecular flexibility index (Phi) is 18.3. The summed E-state index contributed by atoms with van der Waals surface area (Å²) >= 11 is 0. The van der Waals surface area contributed by atoms with Crippen LogP contribution in [0.15, 0.2) is 114 Å². The summed E-state index contributed by atoms with van der Waals surface area (Å²) in [6.45, 7) is 18.6. The van der Waals surface area contributed by atoms with Crippen molar-refractivity contribution in [3.05, 3.63) is 126 Å². The summed E-state index contributed by atoms with van der Waals surface area (Å²) in [7, 11) is -4.45. The molecule has 4 aromatic carbocycles. The normalized spacial score (nSPS) is 13.1. The Hall–Kier alpha value is -6.71. The van der Waals surface area contributed by atoms with Crippen LogP contribution < -0.4 is 35.6 Å². The zero-order chi connectivity index (χ0) is 49.6. The minimum atomic E-state index is -4.45. The molecule has 17 nitrogen and oxygen atoms in total. The molecule has 0 saturated carbocycles. The van der Waals surface area contributed by atoms with E-state index in [2.05, 4.69) is 31.6 Å². The van der Waals surface area contributed by atoms with Crippen LogP contribution in [0.3, 0.4) is 0 Å². The maximum atomic E-state index is 15.3. The number of benzene rings is 4. The molecule has 0 spiro atoms. The molecular weight excluding hydrogens is 880 g/mol. The maximum Gasteiger partial charge on any atom is 0.453 e. The van der Waals surface area contributed by atoms with Gasteiger partial charge in [-0.1, -0.05) is 66.2 Å². The Labute approximate surface area is 392 Å². The van der Waals surface area contributed by atoms with Gasteiger partial charge in [0.05, 0.1) is 17.9 Å². The number of ether oxygens (including phenoxy) is 3. The van der Waals surface area contributed by atoms with Crippen LogP contribution in [0.4, 0.5) is 15.3 Å². The number of hydrogen-bond donors (Lipinski definition) is 5. The zero-order valence-electron chi connectivity index (χ0n) is 39.9. The molecule has 0 aliphatic carbocycles. The van der Waals surface area contributed by atoms with Crippen LogP contribution in [-0.4, -0.2) is 77.1 Å². The third kappa shape index (κ3) is 19.0. The molecule has 5 amide bonds. The van der Waals surface area contributed by atoms with Crippen LogP contribution in [0.1, 0.15) is 90.7 Å².